The van der Waals surface area contributed by atoms with E-state index < -0.39 is 0 Å². The highest BCUT2D eigenvalue weighted by atomic mass is 127. The van der Waals surface area contributed by atoms with Crippen LogP contribution in [-0.2, 0) is 20.1 Å². The maximum absolute atomic E-state index is 4.78. The van der Waals surface area contributed by atoms with Gasteiger partial charge in [0.05, 0.1) is 6.54 Å². The molecule has 9 heteroatoms. The molecular weight excluding hydrogens is 491 g/mol. The van der Waals surface area contributed by atoms with Crippen LogP contribution < -0.4 is 10.6 Å². The van der Waals surface area contributed by atoms with Crippen LogP contribution in [0.3, 0.4) is 0 Å². The number of thiophene rings is 1. The standard InChI is InChI=1S/C18H28N6S2.HI/c1-13-22-23-17(24(13)2)12-20-18(19-11-16-8-5-9-26-16)21-14-6-4-7-15(10-14)25-3;/h5,8-9,14-15H,4,6-7,10-12H2,1-3H3,(H2,19,20,21);1H. The minimum atomic E-state index is 0. The van der Waals surface area contributed by atoms with Crippen LogP contribution in [0, 0.1) is 6.92 Å². The number of nitrogens with zero attached hydrogens (tertiary/aromatic N) is 4. The van der Waals surface area contributed by atoms with Crippen LogP contribution in [0.4, 0.5) is 0 Å². The van der Waals surface area contributed by atoms with E-state index >= 15 is 0 Å². The summed E-state index contributed by atoms with van der Waals surface area (Å²) in [5, 5.41) is 18.3. The summed E-state index contributed by atoms with van der Waals surface area (Å²) in [7, 11) is 1.98. The molecule has 2 atom stereocenters. The van der Waals surface area contributed by atoms with E-state index in [1.54, 1.807) is 11.3 Å². The molecule has 2 unspecified atom stereocenters. The topological polar surface area (TPSA) is 67.1 Å². The zero-order valence-electron chi connectivity index (χ0n) is 16.1. The quantitative estimate of drug-likeness (QED) is 0.346. The van der Waals surface area contributed by atoms with Crippen LogP contribution >= 0.6 is 47.1 Å². The van der Waals surface area contributed by atoms with E-state index in [1.165, 1.54) is 30.6 Å². The molecule has 1 aliphatic carbocycles. The molecule has 0 bridgehead atoms. The summed E-state index contributed by atoms with van der Waals surface area (Å²) in [4.78, 5) is 6.09. The number of nitrogens with one attached hydrogen (secondary N) is 2. The Labute approximate surface area is 187 Å². The molecule has 0 spiro atoms. The first-order valence-corrected chi connectivity index (χ1v) is 11.3. The van der Waals surface area contributed by atoms with Gasteiger partial charge in [-0.15, -0.1) is 45.5 Å². The fourth-order valence-electron chi connectivity index (χ4n) is 3.16. The summed E-state index contributed by atoms with van der Waals surface area (Å²) in [5.74, 6) is 2.66. The first kappa shape index (κ1) is 22.5. The van der Waals surface area contributed by atoms with Crippen molar-refractivity contribution >= 4 is 53.0 Å². The third kappa shape index (κ3) is 6.63. The van der Waals surface area contributed by atoms with Gasteiger partial charge < -0.3 is 15.2 Å². The maximum atomic E-state index is 4.78. The molecule has 0 aliphatic heterocycles. The average molecular weight is 521 g/mol. The number of aliphatic imine (C=N–C) groups is 1. The minimum absolute atomic E-state index is 0. The van der Waals surface area contributed by atoms with Crippen molar-refractivity contribution < 1.29 is 0 Å². The Morgan fingerprint density at radius 2 is 2.26 bits per heavy atom. The number of guanidine groups is 1. The second-order valence-corrected chi connectivity index (χ2v) is 8.86. The van der Waals surface area contributed by atoms with Gasteiger partial charge in [0.25, 0.3) is 0 Å². The van der Waals surface area contributed by atoms with Gasteiger partial charge in [-0.3, -0.25) is 0 Å². The van der Waals surface area contributed by atoms with Crippen LogP contribution in [0.2, 0.25) is 0 Å². The molecule has 1 fully saturated rings. The summed E-state index contributed by atoms with van der Waals surface area (Å²) in [6, 6.07) is 4.71. The van der Waals surface area contributed by atoms with Crippen LogP contribution in [0.25, 0.3) is 0 Å². The zero-order valence-corrected chi connectivity index (χ0v) is 20.1. The summed E-state index contributed by atoms with van der Waals surface area (Å²) in [6.07, 6.45) is 7.23. The minimum Gasteiger partial charge on any atom is -0.354 e. The normalized spacial score (nSPS) is 20.2. The Hall–Kier alpha value is -0.810. The molecule has 0 saturated heterocycles. The van der Waals surface area contributed by atoms with Crippen molar-refractivity contribution in [3.05, 3.63) is 34.0 Å². The van der Waals surface area contributed by atoms with Gasteiger partial charge >= 0.3 is 0 Å². The van der Waals surface area contributed by atoms with Crippen LogP contribution in [0.5, 0.6) is 0 Å². The number of rotatable bonds is 6. The molecule has 2 aromatic heterocycles. The molecule has 2 N–H and O–H groups in total. The highest BCUT2D eigenvalue weighted by Crippen LogP contribution is 2.26. The molecule has 3 rings (SSSR count). The van der Waals surface area contributed by atoms with E-state index in [4.69, 9.17) is 4.99 Å². The smallest absolute Gasteiger partial charge is 0.192 e. The Balaban J connectivity index is 0.00000261. The van der Waals surface area contributed by atoms with Gasteiger partial charge in [-0.1, -0.05) is 12.5 Å². The van der Waals surface area contributed by atoms with Gasteiger partial charge in [0.15, 0.2) is 11.8 Å². The van der Waals surface area contributed by atoms with Crippen LogP contribution in [0.1, 0.15) is 42.2 Å². The highest BCUT2D eigenvalue weighted by molar-refractivity contribution is 14.0. The number of hydrogen-bond acceptors (Lipinski definition) is 5. The molecule has 2 heterocycles. The predicted octanol–water partition coefficient (Wildman–Crippen LogP) is 3.71. The van der Waals surface area contributed by atoms with Crippen molar-refractivity contribution in [2.45, 2.75) is 57.0 Å². The fraction of sp³-hybridized carbons (Fsp3) is 0.611. The van der Waals surface area contributed by atoms with Gasteiger partial charge in [-0.25, -0.2) is 4.99 Å². The first-order chi connectivity index (χ1) is 12.7. The molecule has 0 aromatic carbocycles. The van der Waals surface area contributed by atoms with Crippen molar-refractivity contribution in [1.29, 1.82) is 0 Å². The summed E-state index contributed by atoms with van der Waals surface area (Å²) < 4.78 is 1.99. The number of halogens is 1. The molecular formula is C18H29IN6S2. The average Bonchev–Trinajstić information content (AvgIpc) is 3.29. The lowest BCUT2D eigenvalue weighted by molar-refractivity contribution is 0.418. The lowest BCUT2D eigenvalue weighted by Gasteiger charge is -2.30. The maximum Gasteiger partial charge on any atom is 0.192 e. The van der Waals surface area contributed by atoms with Gasteiger partial charge in [0.2, 0.25) is 0 Å². The lowest BCUT2D eigenvalue weighted by Crippen LogP contribution is -2.45. The Kier molecular flexibility index (Phi) is 9.37. The van der Waals surface area contributed by atoms with Crippen LogP contribution in [-0.4, -0.2) is 38.3 Å². The Morgan fingerprint density at radius 3 is 2.93 bits per heavy atom. The molecule has 2 aromatic rings. The molecule has 150 valence electrons. The van der Waals surface area contributed by atoms with E-state index in [-0.39, 0.29) is 24.0 Å². The number of thioether (sulfide) groups is 1. The van der Waals surface area contributed by atoms with Gasteiger partial charge in [0.1, 0.15) is 12.4 Å². The molecule has 0 amide bonds. The van der Waals surface area contributed by atoms with E-state index in [0.717, 1.165) is 29.4 Å². The highest BCUT2D eigenvalue weighted by Gasteiger charge is 2.22. The number of hydrogen-bond donors (Lipinski definition) is 2. The largest absolute Gasteiger partial charge is 0.354 e. The first-order valence-electron chi connectivity index (χ1n) is 9.10. The van der Waals surface area contributed by atoms with Crippen molar-refractivity contribution in [1.82, 2.24) is 25.4 Å². The molecule has 0 radical (unpaired) electrons. The van der Waals surface area contributed by atoms with Crippen LogP contribution in [0.15, 0.2) is 22.5 Å². The zero-order chi connectivity index (χ0) is 18.4. The monoisotopic (exact) mass is 520 g/mol. The van der Waals surface area contributed by atoms with E-state index in [2.05, 4.69) is 44.6 Å². The van der Waals surface area contributed by atoms with Crippen molar-refractivity contribution in [2.24, 2.45) is 12.0 Å². The molecule has 27 heavy (non-hydrogen) atoms. The molecule has 1 aliphatic rings. The second-order valence-electron chi connectivity index (χ2n) is 6.69. The van der Waals surface area contributed by atoms with Gasteiger partial charge in [-0.05, 0) is 43.9 Å². The van der Waals surface area contributed by atoms with Gasteiger partial charge in [0, 0.05) is 23.2 Å². The third-order valence-electron chi connectivity index (χ3n) is 4.87. The summed E-state index contributed by atoms with van der Waals surface area (Å²) >= 11 is 3.74. The van der Waals surface area contributed by atoms with Crippen molar-refractivity contribution in [3.63, 3.8) is 0 Å². The lowest BCUT2D eigenvalue weighted by atomic mass is 9.95. The number of aromatic nitrogens is 3. The molecule has 1 saturated carbocycles. The van der Waals surface area contributed by atoms with Gasteiger partial charge in [-0.2, -0.15) is 11.8 Å². The predicted molar refractivity (Wildman–Crippen MR) is 126 cm³/mol. The summed E-state index contributed by atoms with van der Waals surface area (Å²) in [5.41, 5.74) is 0. The number of aryl methyl sites for hydroxylation is 1. The Bertz CT molecular complexity index is 716. The van der Waals surface area contributed by atoms with E-state index in [1.807, 2.05) is 30.3 Å². The second kappa shape index (κ2) is 11.3. The molecule has 6 nitrogen and oxygen atoms in total. The van der Waals surface area contributed by atoms with E-state index in [9.17, 15) is 0 Å². The third-order valence-corrected chi connectivity index (χ3v) is 6.84. The SMILES string of the molecule is CSC1CCCC(NC(=NCc2nnc(C)n2C)NCc2cccs2)C1.I. The fourth-order valence-corrected chi connectivity index (χ4v) is 4.63. The summed E-state index contributed by atoms with van der Waals surface area (Å²) in [6.45, 7) is 3.27. The van der Waals surface area contributed by atoms with Crippen molar-refractivity contribution in [2.75, 3.05) is 6.26 Å². The Morgan fingerprint density at radius 1 is 1.41 bits per heavy atom. The van der Waals surface area contributed by atoms with Crippen molar-refractivity contribution in [3.8, 4) is 0 Å². The van der Waals surface area contributed by atoms with E-state index in [0.29, 0.717) is 12.6 Å².